The van der Waals surface area contributed by atoms with E-state index in [0.717, 1.165) is 19.1 Å². The smallest absolute Gasteiger partial charge is 0.193 e. The van der Waals surface area contributed by atoms with E-state index in [9.17, 15) is 0 Å². The minimum atomic E-state index is 0. The van der Waals surface area contributed by atoms with Gasteiger partial charge in [-0.15, -0.1) is 24.0 Å². The Kier molecular flexibility index (Phi) is 5.44. The van der Waals surface area contributed by atoms with E-state index in [4.69, 9.17) is 4.74 Å². The lowest BCUT2D eigenvalue weighted by Crippen LogP contribution is -2.69. The number of aromatic nitrogens is 1. The summed E-state index contributed by atoms with van der Waals surface area (Å²) in [5, 5.41) is 3.80. The highest BCUT2D eigenvalue weighted by molar-refractivity contribution is 14.0. The Morgan fingerprint density at radius 2 is 2.25 bits per heavy atom. The first-order chi connectivity index (χ1) is 11.2. The zero-order chi connectivity index (χ0) is 15.9. The van der Waals surface area contributed by atoms with Crippen LogP contribution in [0.25, 0.3) is 0 Å². The van der Waals surface area contributed by atoms with Crippen molar-refractivity contribution in [2.45, 2.75) is 50.8 Å². The van der Waals surface area contributed by atoms with Crippen molar-refractivity contribution >= 4 is 29.9 Å². The molecule has 3 unspecified atom stereocenters. The van der Waals surface area contributed by atoms with Gasteiger partial charge in [0.15, 0.2) is 5.96 Å². The second-order valence-electron chi connectivity index (χ2n) is 7.40. The van der Waals surface area contributed by atoms with Crippen LogP contribution in [-0.2, 0) is 11.3 Å². The summed E-state index contributed by atoms with van der Waals surface area (Å²) in [6.07, 6.45) is 8.98. The van der Waals surface area contributed by atoms with Gasteiger partial charge < -0.3 is 19.9 Å². The maximum absolute atomic E-state index is 6.08. The number of halogens is 1. The number of nitrogens with zero attached hydrogens (tertiary/aromatic N) is 2. The molecule has 24 heavy (non-hydrogen) atoms. The third-order valence-corrected chi connectivity index (χ3v) is 6.21. The Morgan fingerprint density at radius 1 is 1.46 bits per heavy atom. The van der Waals surface area contributed by atoms with Crippen LogP contribution in [0.4, 0.5) is 0 Å². The van der Waals surface area contributed by atoms with E-state index in [2.05, 4.69) is 33.3 Å². The fraction of sp³-hybridized carbons (Fsp3) is 0.722. The molecule has 2 aliphatic carbocycles. The van der Waals surface area contributed by atoms with Crippen LogP contribution in [0.1, 0.15) is 37.8 Å². The van der Waals surface area contributed by atoms with Gasteiger partial charge in [0.2, 0.25) is 0 Å². The van der Waals surface area contributed by atoms with Gasteiger partial charge in [-0.2, -0.15) is 0 Å². The zero-order valence-corrected chi connectivity index (χ0v) is 17.0. The Hall–Kier alpha value is -0.760. The van der Waals surface area contributed by atoms with Crippen molar-refractivity contribution in [3.05, 3.63) is 24.0 Å². The van der Waals surface area contributed by atoms with E-state index in [1.165, 1.54) is 37.8 Å². The number of guanidine groups is 1. The number of aliphatic imine (C=N–C) groups is 1. The molecule has 5 nitrogen and oxygen atoms in total. The summed E-state index contributed by atoms with van der Waals surface area (Å²) in [4.78, 5) is 10.0. The van der Waals surface area contributed by atoms with Gasteiger partial charge in [0.1, 0.15) is 0 Å². The van der Waals surface area contributed by atoms with Crippen molar-refractivity contribution < 1.29 is 4.74 Å². The molecule has 3 atom stereocenters. The topological polar surface area (TPSA) is 52.7 Å². The molecule has 1 spiro atoms. The average Bonchev–Trinajstić information content (AvgIpc) is 3.28. The summed E-state index contributed by atoms with van der Waals surface area (Å²) in [5.74, 6) is 1.67. The van der Waals surface area contributed by atoms with Crippen LogP contribution < -0.4 is 5.32 Å². The van der Waals surface area contributed by atoms with Crippen LogP contribution in [0.3, 0.4) is 0 Å². The lowest BCUT2D eigenvalue weighted by atomic mass is 9.54. The average molecular weight is 444 g/mol. The molecule has 0 aromatic carbocycles. The molecule has 134 valence electrons. The summed E-state index contributed by atoms with van der Waals surface area (Å²) in [5.41, 5.74) is 1.58. The highest BCUT2D eigenvalue weighted by Gasteiger charge is 2.65. The van der Waals surface area contributed by atoms with Gasteiger partial charge in [-0.25, -0.2) is 0 Å². The van der Waals surface area contributed by atoms with Gasteiger partial charge >= 0.3 is 0 Å². The van der Waals surface area contributed by atoms with Gasteiger partial charge in [0, 0.05) is 50.0 Å². The largest absolute Gasteiger partial charge is 0.377 e. The van der Waals surface area contributed by atoms with Crippen LogP contribution in [0.5, 0.6) is 0 Å². The minimum Gasteiger partial charge on any atom is -0.377 e. The quantitative estimate of drug-likeness (QED) is 0.428. The summed E-state index contributed by atoms with van der Waals surface area (Å²) in [6, 6.07) is 4.69. The molecule has 2 saturated carbocycles. The number of nitrogens with one attached hydrogen (secondary N) is 2. The van der Waals surface area contributed by atoms with Crippen LogP contribution >= 0.6 is 24.0 Å². The van der Waals surface area contributed by atoms with Crippen molar-refractivity contribution in [1.29, 1.82) is 0 Å². The van der Waals surface area contributed by atoms with E-state index in [0.29, 0.717) is 23.5 Å². The van der Waals surface area contributed by atoms with Crippen LogP contribution in [-0.4, -0.2) is 48.7 Å². The number of fused-ring (bicyclic) bond motifs is 2. The molecular formula is C18H29IN4O. The first kappa shape index (κ1) is 18.0. The zero-order valence-electron chi connectivity index (χ0n) is 14.6. The Bertz CT molecular complexity index is 568. The Morgan fingerprint density at radius 3 is 2.92 bits per heavy atom. The fourth-order valence-corrected chi connectivity index (χ4v) is 5.18. The first-order valence-corrected chi connectivity index (χ1v) is 8.93. The van der Waals surface area contributed by atoms with Crippen molar-refractivity contribution in [2.75, 3.05) is 20.7 Å². The summed E-state index contributed by atoms with van der Waals surface area (Å²) < 4.78 is 6.08. The summed E-state index contributed by atoms with van der Waals surface area (Å²) >= 11 is 0. The molecule has 1 aliphatic heterocycles. The van der Waals surface area contributed by atoms with Gasteiger partial charge in [-0.3, -0.25) is 4.99 Å². The number of aromatic amines is 1. The fourth-order valence-electron chi connectivity index (χ4n) is 5.18. The number of ether oxygens (including phenoxy) is 1. The molecule has 6 heteroatoms. The van der Waals surface area contributed by atoms with Crippen molar-refractivity contribution in [3.63, 3.8) is 0 Å². The molecule has 2 N–H and O–H groups in total. The maximum atomic E-state index is 6.08. The molecule has 3 fully saturated rings. The maximum Gasteiger partial charge on any atom is 0.193 e. The number of H-pyrrole nitrogens is 1. The summed E-state index contributed by atoms with van der Waals surface area (Å²) in [7, 11) is 3.99. The summed E-state index contributed by atoms with van der Waals surface area (Å²) in [6.45, 7) is 1.78. The molecule has 1 aromatic rings. The predicted molar refractivity (Wildman–Crippen MR) is 107 cm³/mol. The molecule has 3 aliphatic rings. The first-order valence-electron chi connectivity index (χ1n) is 8.93. The molecule has 1 saturated heterocycles. The second-order valence-corrected chi connectivity index (χ2v) is 7.40. The van der Waals surface area contributed by atoms with E-state index in [1.54, 1.807) is 0 Å². The molecule has 0 bridgehead atoms. The number of rotatable bonds is 3. The van der Waals surface area contributed by atoms with E-state index >= 15 is 0 Å². The van der Waals surface area contributed by atoms with E-state index in [1.807, 2.05) is 19.3 Å². The normalized spacial score (nSPS) is 30.6. The predicted octanol–water partition coefficient (Wildman–Crippen LogP) is 2.99. The van der Waals surface area contributed by atoms with Crippen molar-refractivity contribution in [2.24, 2.45) is 16.3 Å². The van der Waals surface area contributed by atoms with Crippen molar-refractivity contribution in [3.8, 4) is 0 Å². The monoisotopic (exact) mass is 444 g/mol. The van der Waals surface area contributed by atoms with Gasteiger partial charge in [0.05, 0.1) is 12.6 Å². The second kappa shape index (κ2) is 7.23. The highest BCUT2D eigenvalue weighted by atomic mass is 127. The number of hydrogen-bond acceptors (Lipinski definition) is 2. The molecule has 0 amide bonds. The molecule has 4 rings (SSSR count). The lowest BCUT2D eigenvalue weighted by Gasteiger charge is -2.57. The molecule has 2 heterocycles. The standard InChI is InChI=1S/C18H28N4O.HI/c1-19-17(22(2)12-13-6-5-10-20-13)21-15-14-7-11-23-16(14)18(15)8-3-4-9-18;/h5-6,10,14-16,20H,3-4,7-9,11-12H2,1-2H3,(H,19,21);1H. The molecular weight excluding hydrogens is 415 g/mol. The Balaban J connectivity index is 0.00000169. The van der Waals surface area contributed by atoms with Crippen LogP contribution in [0.2, 0.25) is 0 Å². The third-order valence-electron chi connectivity index (χ3n) is 6.21. The van der Waals surface area contributed by atoms with Crippen molar-refractivity contribution in [1.82, 2.24) is 15.2 Å². The lowest BCUT2D eigenvalue weighted by molar-refractivity contribution is -0.125. The van der Waals surface area contributed by atoms with Crippen LogP contribution in [0, 0.1) is 11.3 Å². The van der Waals surface area contributed by atoms with Gasteiger partial charge in [-0.1, -0.05) is 12.8 Å². The van der Waals surface area contributed by atoms with Gasteiger partial charge in [-0.05, 0) is 31.4 Å². The SMILES string of the molecule is CN=C(NC1C2CCOC2C12CCCC2)N(C)Cc1ccc[nH]1.I. The minimum absolute atomic E-state index is 0. The van der Waals surface area contributed by atoms with E-state index < -0.39 is 0 Å². The number of hydrogen-bond donors (Lipinski definition) is 2. The van der Waals surface area contributed by atoms with Gasteiger partial charge in [0.25, 0.3) is 0 Å². The highest BCUT2D eigenvalue weighted by Crippen LogP contribution is 2.60. The van der Waals surface area contributed by atoms with Crippen LogP contribution in [0.15, 0.2) is 23.3 Å². The third kappa shape index (κ3) is 2.85. The molecule has 0 radical (unpaired) electrons. The molecule has 1 aromatic heterocycles. The van der Waals surface area contributed by atoms with E-state index in [-0.39, 0.29) is 24.0 Å². The Labute approximate surface area is 161 Å².